The largest absolute Gasteiger partial charge is 0.308 e. The van der Waals surface area contributed by atoms with Crippen LogP contribution >= 0.6 is 23.5 Å². The highest BCUT2D eigenvalue weighted by atomic mass is 32.2. The molecule has 0 amide bonds. The molecule has 2 heterocycles. The second-order valence-electron chi connectivity index (χ2n) is 16.1. The van der Waals surface area contributed by atoms with Gasteiger partial charge in [-0.15, -0.1) is 0 Å². The summed E-state index contributed by atoms with van der Waals surface area (Å²) in [4.78, 5) is 9.96. The van der Waals surface area contributed by atoms with E-state index in [1.165, 1.54) is 108 Å². The van der Waals surface area contributed by atoms with E-state index in [2.05, 4.69) is 228 Å². The van der Waals surface area contributed by atoms with E-state index in [9.17, 15) is 0 Å². The molecule has 0 saturated carbocycles. The van der Waals surface area contributed by atoms with Crippen molar-refractivity contribution in [1.29, 1.82) is 0 Å². The van der Waals surface area contributed by atoms with Crippen molar-refractivity contribution in [2.75, 3.05) is 9.80 Å². The Morgan fingerprint density at radius 3 is 1.47 bits per heavy atom. The highest BCUT2D eigenvalue weighted by Crippen LogP contribution is 2.56. The smallest absolute Gasteiger partial charge is 0.0608 e. The normalized spacial score (nSPS) is 13.0. The van der Waals surface area contributed by atoms with Gasteiger partial charge in [-0.25, -0.2) is 0 Å². The van der Waals surface area contributed by atoms with Crippen LogP contribution in [0.3, 0.4) is 0 Å². The first kappa shape index (κ1) is 35.5. The SMILES string of the molecule is c1ccc(-c2ccc(N3c4ccccc4Sc4ccc(-c5ccc6c(c5)N(c5ccc7c8ccccc8c8ccccc8c7c5)c5ccc7ccccc7c5S6)cc43)cc2)cc1. The van der Waals surface area contributed by atoms with Crippen LogP contribution in [0.5, 0.6) is 0 Å². The van der Waals surface area contributed by atoms with Gasteiger partial charge in [0.15, 0.2) is 0 Å². The molecule has 0 spiro atoms. The Kier molecular flexibility index (Phi) is 8.12. The Balaban J connectivity index is 0.976. The van der Waals surface area contributed by atoms with E-state index in [4.69, 9.17) is 0 Å². The summed E-state index contributed by atoms with van der Waals surface area (Å²) >= 11 is 3.73. The molecule has 0 aromatic heterocycles. The predicted molar refractivity (Wildman–Crippen MR) is 265 cm³/mol. The van der Waals surface area contributed by atoms with Crippen LogP contribution in [0.1, 0.15) is 0 Å². The fourth-order valence-electron chi connectivity index (χ4n) is 9.67. The van der Waals surface area contributed by atoms with Crippen molar-refractivity contribution < 1.29 is 0 Å². The number of nitrogens with zero attached hydrogens (tertiary/aromatic N) is 2. The van der Waals surface area contributed by atoms with Gasteiger partial charge in [0, 0.05) is 31.0 Å². The minimum atomic E-state index is 1.14. The molecular weight excluding hydrogens is 789 g/mol. The molecule has 290 valence electrons. The third-order valence-electron chi connectivity index (χ3n) is 12.6. The zero-order chi connectivity index (χ0) is 40.7. The topological polar surface area (TPSA) is 6.48 Å². The summed E-state index contributed by atoms with van der Waals surface area (Å²) in [7, 11) is 0. The fourth-order valence-corrected chi connectivity index (χ4v) is 11.9. The third kappa shape index (κ3) is 5.61. The van der Waals surface area contributed by atoms with Crippen LogP contribution in [0.2, 0.25) is 0 Å². The van der Waals surface area contributed by atoms with Crippen molar-refractivity contribution >= 4 is 101 Å². The lowest BCUT2D eigenvalue weighted by Gasteiger charge is -2.35. The molecule has 0 saturated heterocycles. The summed E-state index contributed by atoms with van der Waals surface area (Å²) in [6.45, 7) is 0. The van der Waals surface area contributed by atoms with Crippen molar-refractivity contribution in [3.8, 4) is 22.3 Å². The Morgan fingerprint density at radius 2 is 0.758 bits per heavy atom. The summed E-state index contributed by atoms with van der Waals surface area (Å²) in [6.07, 6.45) is 0. The van der Waals surface area contributed by atoms with Gasteiger partial charge in [0.05, 0.1) is 22.7 Å². The average Bonchev–Trinajstić information content (AvgIpc) is 3.35. The summed E-state index contributed by atoms with van der Waals surface area (Å²) < 4.78 is 0. The van der Waals surface area contributed by atoms with Gasteiger partial charge in [-0.1, -0.05) is 175 Å². The number of hydrogen-bond acceptors (Lipinski definition) is 4. The zero-order valence-corrected chi connectivity index (χ0v) is 35.1. The van der Waals surface area contributed by atoms with Crippen molar-refractivity contribution in [2.45, 2.75) is 19.6 Å². The van der Waals surface area contributed by atoms with Gasteiger partial charge in [-0.2, -0.15) is 0 Å². The van der Waals surface area contributed by atoms with Gasteiger partial charge < -0.3 is 9.80 Å². The highest BCUT2D eigenvalue weighted by Gasteiger charge is 2.29. The third-order valence-corrected chi connectivity index (χ3v) is 14.9. The van der Waals surface area contributed by atoms with E-state index in [1.807, 2.05) is 23.5 Å². The molecule has 0 atom stereocenters. The minimum Gasteiger partial charge on any atom is -0.308 e. The molecule has 4 heteroatoms. The van der Waals surface area contributed by atoms with Crippen molar-refractivity contribution in [2.24, 2.45) is 0 Å². The van der Waals surface area contributed by atoms with E-state index in [-0.39, 0.29) is 0 Å². The summed E-state index contributed by atoms with van der Waals surface area (Å²) in [5.74, 6) is 0. The molecule has 2 aliphatic rings. The Labute approximate surface area is 368 Å². The van der Waals surface area contributed by atoms with Gasteiger partial charge >= 0.3 is 0 Å². The molecule has 13 rings (SSSR count). The van der Waals surface area contributed by atoms with Crippen molar-refractivity contribution in [3.63, 3.8) is 0 Å². The molecule has 62 heavy (non-hydrogen) atoms. The van der Waals surface area contributed by atoms with Gasteiger partial charge in [0.25, 0.3) is 0 Å². The van der Waals surface area contributed by atoms with Crippen molar-refractivity contribution in [3.05, 3.63) is 218 Å². The van der Waals surface area contributed by atoms with E-state index < -0.39 is 0 Å². The Morgan fingerprint density at radius 1 is 0.258 bits per heavy atom. The molecule has 0 unspecified atom stereocenters. The summed E-state index contributed by atoms with van der Waals surface area (Å²) in [5.41, 5.74) is 11.9. The van der Waals surface area contributed by atoms with E-state index in [0.29, 0.717) is 0 Å². The molecule has 0 fully saturated rings. The molecule has 2 aliphatic heterocycles. The summed E-state index contributed by atoms with van der Waals surface area (Å²) in [6, 6.07) is 80.6. The second kappa shape index (κ2) is 14.2. The molecule has 0 aliphatic carbocycles. The van der Waals surface area contributed by atoms with Gasteiger partial charge in [0.2, 0.25) is 0 Å². The number of para-hydroxylation sites is 1. The molecule has 0 N–H and O–H groups in total. The maximum Gasteiger partial charge on any atom is 0.0608 e. The van der Waals surface area contributed by atoms with E-state index in [1.54, 1.807) is 0 Å². The molecule has 11 aromatic rings. The molecule has 0 radical (unpaired) electrons. The summed E-state index contributed by atoms with van der Waals surface area (Å²) in [5, 5.41) is 10.2. The maximum atomic E-state index is 2.51. The lowest BCUT2D eigenvalue weighted by atomic mass is 9.94. The number of rotatable bonds is 4. The quantitative estimate of drug-likeness (QED) is 0.163. The maximum absolute atomic E-state index is 2.51. The minimum absolute atomic E-state index is 1.14. The van der Waals surface area contributed by atoms with E-state index in [0.717, 1.165) is 11.4 Å². The first-order valence-corrected chi connectivity index (χ1v) is 22.7. The van der Waals surface area contributed by atoms with E-state index >= 15 is 0 Å². The fraction of sp³-hybridized carbons (Fsp3) is 0. The standard InChI is InChI=1S/C58H36N2S2/c1-2-12-37(13-3-1)38-22-27-42(28-23-38)59-51-20-10-11-21-55(51)61-56-32-25-40(34-53(56)59)41-26-33-57-54(35-41)60(52-31-24-39-14-4-5-15-44(39)58(52)62-57)43-29-30-49-47-18-7-6-16-45(47)46-17-8-9-19-48(46)50(49)36-43/h1-36H. The van der Waals surface area contributed by atoms with Gasteiger partial charge in [0.1, 0.15) is 0 Å². The molecule has 2 nitrogen and oxygen atoms in total. The Bertz CT molecular complexity index is 3560. The first-order chi connectivity index (χ1) is 30.7. The second-order valence-corrected chi connectivity index (χ2v) is 18.2. The lowest BCUT2D eigenvalue weighted by Crippen LogP contribution is -2.15. The van der Waals surface area contributed by atoms with Crippen molar-refractivity contribution in [1.82, 2.24) is 0 Å². The average molecular weight is 825 g/mol. The number of anilines is 6. The number of fused-ring (bicyclic) bond motifs is 12. The van der Waals surface area contributed by atoms with Crippen LogP contribution in [-0.4, -0.2) is 0 Å². The monoisotopic (exact) mass is 824 g/mol. The highest BCUT2D eigenvalue weighted by molar-refractivity contribution is 8.00. The lowest BCUT2D eigenvalue weighted by molar-refractivity contribution is 1.16. The molecule has 11 aromatic carbocycles. The Hall–Kier alpha value is -7.24. The molecular formula is C58H36N2S2. The van der Waals surface area contributed by atoms with Crippen LogP contribution in [0.25, 0.3) is 65.3 Å². The zero-order valence-electron chi connectivity index (χ0n) is 33.5. The number of benzene rings is 11. The van der Waals surface area contributed by atoms with Crippen LogP contribution < -0.4 is 9.80 Å². The van der Waals surface area contributed by atoms with Crippen LogP contribution in [-0.2, 0) is 0 Å². The van der Waals surface area contributed by atoms with Crippen LogP contribution in [0, 0.1) is 0 Å². The predicted octanol–water partition coefficient (Wildman–Crippen LogP) is 17.5. The van der Waals surface area contributed by atoms with Crippen LogP contribution in [0.15, 0.2) is 238 Å². The molecule has 0 bridgehead atoms. The van der Waals surface area contributed by atoms with Gasteiger partial charge in [-0.05, 0) is 132 Å². The number of hydrogen-bond donors (Lipinski definition) is 0. The van der Waals surface area contributed by atoms with Gasteiger partial charge in [-0.3, -0.25) is 0 Å². The first-order valence-electron chi connectivity index (χ1n) is 21.1. The van der Waals surface area contributed by atoms with Crippen LogP contribution in [0.4, 0.5) is 34.1 Å².